The van der Waals surface area contributed by atoms with Crippen molar-refractivity contribution in [2.45, 2.75) is 38.6 Å². The maximum absolute atomic E-state index is 13.4. The number of hydrogen-bond donors (Lipinski definition) is 0. The van der Waals surface area contributed by atoms with E-state index in [-0.39, 0.29) is 17.9 Å². The number of benzene rings is 2. The van der Waals surface area contributed by atoms with Gasteiger partial charge in [-0.15, -0.1) is 11.3 Å². The molecule has 1 aromatic heterocycles. The summed E-state index contributed by atoms with van der Waals surface area (Å²) in [5, 5.41) is 2.86. The van der Waals surface area contributed by atoms with Gasteiger partial charge in [-0.3, -0.25) is 14.5 Å². The van der Waals surface area contributed by atoms with E-state index in [0.29, 0.717) is 37.7 Å². The van der Waals surface area contributed by atoms with Crippen LogP contribution >= 0.6 is 22.9 Å². The Bertz CT molecular complexity index is 1220. The molecule has 2 aliphatic heterocycles. The Morgan fingerprint density at radius 1 is 0.919 bits per heavy atom. The lowest BCUT2D eigenvalue weighted by Crippen LogP contribution is -2.53. The Balaban J connectivity index is 1.20. The van der Waals surface area contributed by atoms with Crippen molar-refractivity contribution >= 4 is 34.8 Å². The molecule has 0 radical (unpaired) electrons. The molecule has 5 rings (SSSR count). The van der Waals surface area contributed by atoms with E-state index in [0.717, 1.165) is 43.4 Å². The summed E-state index contributed by atoms with van der Waals surface area (Å²) in [6, 6.07) is 18.2. The molecule has 0 aliphatic carbocycles. The van der Waals surface area contributed by atoms with E-state index in [2.05, 4.69) is 47.5 Å². The largest absolute Gasteiger partial charge is 0.338 e. The lowest BCUT2D eigenvalue weighted by molar-refractivity contribution is -0.134. The molecule has 0 spiro atoms. The third-order valence-corrected chi connectivity index (χ3v) is 8.78. The molecule has 0 saturated carbocycles. The first-order valence-electron chi connectivity index (χ1n) is 13.2. The number of piperazine rings is 1. The number of hydrogen-bond acceptors (Lipinski definition) is 4. The van der Waals surface area contributed by atoms with Crippen LogP contribution in [-0.4, -0.2) is 65.8 Å². The second kappa shape index (κ2) is 11.8. The topological polar surface area (TPSA) is 43.9 Å². The Labute approximate surface area is 228 Å². The minimum atomic E-state index is 0.0537. The molecule has 1 unspecified atom stereocenters. The fraction of sp³-hybridized carbons (Fsp3) is 0.400. The van der Waals surface area contributed by atoms with Crippen LogP contribution < -0.4 is 0 Å². The first-order valence-corrected chi connectivity index (χ1v) is 14.5. The number of amides is 2. The molecular weight excluding hydrogens is 502 g/mol. The third kappa shape index (κ3) is 5.92. The van der Waals surface area contributed by atoms with Gasteiger partial charge in [0.05, 0.1) is 12.6 Å². The zero-order chi connectivity index (χ0) is 25.8. The number of thiophene rings is 1. The lowest BCUT2D eigenvalue weighted by atomic mass is 9.93. The molecule has 2 aliphatic rings. The van der Waals surface area contributed by atoms with E-state index in [9.17, 15) is 9.59 Å². The minimum absolute atomic E-state index is 0.0537. The standard InChI is InChI=1S/C30H34ClN3O2S/c1-2-3-4-22-5-7-24(8-6-22)30(36)33-18-16-32(17-19-33)28(35)21-34-15-13-27-26(14-20-37-27)29(34)23-9-11-25(31)12-10-23/h5-12,14,20,29H,2-4,13,15-19,21H2,1H3. The second-order valence-corrected chi connectivity index (χ2v) is 11.4. The molecule has 1 fully saturated rings. The van der Waals surface area contributed by atoms with Gasteiger partial charge in [-0.2, -0.15) is 0 Å². The quantitative estimate of drug-likeness (QED) is 0.391. The average molecular weight is 536 g/mol. The Hall–Kier alpha value is -2.67. The molecule has 5 nitrogen and oxygen atoms in total. The van der Waals surface area contributed by atoms with Crippen LogP contribution in [0.15, 0.2) is 60.0 Å². The molecule has 2 aromatic carbocycles. The summed E-state index contributed by atoms with van der Waals surface area (Å²) in [7, 11) is 0. The van der Waals surface area contributed by atoms with Gasteiger partial charge in [-0.05, 0) is 71.7 Å². The average Bonchev–Trinajstić information content (AvgIpc) is 3.41. The number of rotatable bonds is 7. The van der Waals surface area contributed by atoms with Crippen LogP contribution in [0.5, 0.6) is 0 Å². The maximum Gasteiger partial charge on any atom is 0.253 e. The van der Waals surface area contributed by atoms with Crippen LogP contribution in [-0.2, 0) is 17.6 Å². The molecule has 7 heteroatoms. The fourth-order valence-electron chi connectivity index (χ4n) is 5.38. The Morgan fingerprint density at radius 2 is 1.62 bits per heavy atom. The van der Waals surface area contributed by atoms with Crippen LogP contribution in [0.2, 0.25) is 5.02 Å². The predicted octanol–water partition coefficient (Wildman–Crippen LogP) is 5.68. The number of carbonyl (C=O) groups excluding carboxylic acids is 2. The van der Waals surface area contributed by atoms with Crippen LogP contribution in [0.4, 0.5) is 0 Å². The first kappa shape index (κ1) is 26.0. The summed E-state index contributed by atoms with van der Waals surface area (Å²) < 4.78 is 0. The van der Waals surface area contributed by atoms with Crippen molar-refractivity contribution in [2.24, 2.45) is 0 Å². The van der Waals surface area contributed by atoms with Gasteiger partial charge >= 0.3 is 0 Å². The Morgan fingerprint density at radius 3 is 2.32 bits per heavy atom. The molecule has 37 heavy (non-hydrogen) atoms. The summed E-state index contributed by atoms with van der Waals surface area (Å²) in [6.45, 7) is 5.68. The number of nitrogens with zero attached hydrogens (tertiary/aromatic N) is 3. The van der Waals surface area contributed by atoms with E-state index in [1.807, 2.05) is 34.1 Å². The molecule has 3 heterocycles. The van der Waals surface area contributed by atoms with Crippen molar-refractivity contribution in [3.8, 4) is 0 Å². The monoisotopic (exact) mass is 535 g/mol. The van der Waals surface area contributed by atoms with Gasteiger partial charge in [0.2, 0.25) is 5.91 Å². The summed E-state index contributed by atoms with van der Waals surface area (Å²) in [4.78, 5) is 33.9. The highest BCUT2D eigenvalue weighted by Crippen LogP contribution is 2.38. The SMILES string of the molecule is CCCCc1ccc(C(=O)N2CCN(C(=O)CN3CCc4sccc4C3c3ccc(Cl)cc3)CC2)cc1. The molecular formula is C30H34ClN3O2S. The van der Waals surface area contributed by atoms with Crippen molar-refractivity contribution in [1.82, 2.24) is 14.7 Å². The van der Waals surface area contributed by atoms with Crippen LogP contribution in [0.1, 0.15) is 57.7 Å². The first-order chi connectivity index (χ1) is 18.0. The second-order valence-electron chi connectivity index (χ2n) is 9.95. The molecule has 0 bridgehead atoms. The summed E-state index contributed by atoms with van der Waals surface area (Å²) in [6.07, 6.45) is 4.34. The van der Waals surface area contributed by atoms with E-state index in [4.69, 9.17) is 11.6 Å². The number of aryl methyl sites for hydroxylation is 1. The number of unbranched alkanes of at least 4 members (excludes halogenated alkanes) is 1. The highest BCUT2D eigenvalue weighted by Gasteiger charge is 2.33. The zero-order valence-corrected chi connectivity index (χ0v) is 22.9. The molecule has 0 N–H and O–H groups in total. The normalized spacial score (nSPS) is 18.1. The van der Waals surface area contributed by atoms with Gasteiger partial charge in [0.15, 0.2) is 0 Å². The molecule has 194 valence electrons. The van der Waals surface area contributed by atoms with Gasteiger partial charge in [-0.1, -0.05) is 49.2 Å². The number of halogens is 1. The maximum atomic E-state index is 13.4. The van der Waals surface area contributed by atoms with Gasteiger partial charge in [0, 0.05) is 48.2 Å². The highest BCUT2D eigenvalue weighted by molar-refractivity contribution is 7.10. The minimum Gasteiger partial charge on any atom is -0.338 e. The van der Waals surface area contributed by atoms with Gasteiger partial charge in [0.1, 0.15) is 0 Å². The van der Waals surface area contributed by atoms with E-state index >= 15 is 0 Å². The zero-order valence-electron chi connectivity index (χ0n) is 21.4. The van der Waals surface area contributed by atoms with E-state index in [1.54, 1.807) is 11.3 Å². The van der Waals surface area contributed by atoms with Crippen LogP contribution in [0.3, 0.4) is 0 Å². The summed E-state index contributed by atoms with van der Waals surface area (Å²) in [5.41, 5.74) is 4.46. The highest BCUT2D eigenvalue weighted by atomic mass is 35.5. The van der Waals surface area contributed by atoms with Crippen molar-refractivity contribution in [3.05, 3.63) is 92.1 Å². The molecule has 1 atom stereocenters. The summed E-state index contributed by atoms with van der Waals surface area (Å²) >= 11 is 7.95. The number of carbonyl (C=O) groups is 2. The molecule has 1 saturated heterocycles. The number of fused-ring (bicyclic) bond motifs is 1. The summed E-state index contributed by atoms with van der Waals surface area (Å²) in [5.74, 6) is 0.183. The van der Waals surface area contributed by atoms with Crippen molar-refractivity contribution in [2.75, 3.05) is 39.3 Å². The molecule has 3 aromatic rings. The van der Waals surface area contributed by atoms with Gasteiger partial charge in [0.25, 0.3) is 5.91 Å². The van der Waals surface area contributed by atoms with Gasteiger partial charge in [-0.25, -0.2) is 0 Å². The van der Waals surface area contributed by atoms with E-state index < -0.39 is 0 Å². The Kier molecular flexibility index (Phi) is 8.28. The lowest BCUT2D eigenvalue weighted by Gasteiger charge is -2.39. The smallest absolute Gasteiger partial charge is 0.253 e. The fourth-order valence-corrected chi connectivity index (χ4v) is 6.41. The van der Waals surface area contributed by atoms with Crippen LogP contribution in [0, 0.1) is 0 Å². The van der Waals surface area contributed by atoms with E-state index in [1.165, 1.54) is 16.0 Å². The molecule has 2 amide bonds. The predicted molar refractivity (Wildman–Crippen MR) is 150 cm³/mol. The van der Waals surface area contributed by atoms with Crippen molar-refractivity contribution in [1.29, 1.82) is 0 Å². The van der Waals surface area contributed by atoms with Crippen molar-refractivity contribution in [3.63, 3.8) is 0 Å². The van der Waals surface area contributed by atoms with Gasteiger partial charge < -0.3 is 9.80 Å². The van der Waals surface area contributed by atoms with Crippen LogP contribution in [0.25, 0.3) is 0 Å². The van der Waals surface area contributed by atoms with Crippen molar-refractivity contribution < 1.29 is 9.59 Å². The third-order valence-electron chi connectivity index (χ3n) is 7.53.